The Labute approximate surface area is 177 Å². The first-order valence-electron chi connectivity index (χ1n) is 9.91. The minimum absolute atomic E-state index is 0.0546. The van der Waals surface area contributed by atoms with E-state index in [4.69, 9.17) is 0 Å². The fraction of sp³-hybridized carbons (Fsp3) is 0.474. The second-order valence-corrected chi connectivity index (χ2v) is 6.84. The molecule has 0 aliphatic carbocycles. The molecule has 12 heteroatoms. The third-order valence-corrected chi connectivity index (χ3v) is 4.52. The molecule has 0 bridgehead atoms. The summed E-state index contributed by atoms with van der Waals surface area (Å²) in [4.78, 5) is 17.7. The maximum Gasteiger partial charge on any atom is 0.433 e. The van der Waals surface area contributed by atoms with Gasteiger partial charge in [-0.1, -0.05) is 0 Å². The zero-order valence-electron chi connectivity index (χ0n) is 17.0. The van der Waals surface area contributed by atoms with Crippen LogP contribution in [-0.2, 0) is 6.18 Å². The molecule has 8 nitrogen and oxygen atoms in total. The molecule has 0 amide bonds. The molecule has 0 spiro atoms. The molecule has 2 aromatic heterocycles. The van der Waals surface area contributed by atoms with Gasteiger partial charge in [0.05, 0.1) is 6.54 Å². The van der Waals surface area contributed by atoms with Crippen molar-refractivity contribution in [2.45, 2.75) is 25.6 Å². The summed E-state index contributed by atoms with van der Waals surface area (Å²) in [6.07, 6.45) is -1.11. The molecule has 1 fully saturated rings. The van der Waals surface area contributed by atoms with Crippen LogP contribution >= 0.6 is 0 Å². The van der Waals surface area contributed by atoms with Crippen LogP contribution in [0.4, 0.5) is 29.3 Å². The molecule has 3 N–H and O–H groups in total. The highest BCUT2D eigenvalue weighted by atomic mass is 19.4. The Morgan fingerprint density at radius 1 is 1.26 bits per heavy atom. The number of anilines is 2. The Bertz CT molecular complexity index is 889. The van der Waals surface area contributed by atoms with Gasteiger partial charge in [0.1, 0.15) is 5.69 Å². The summed E-state index contributed by atoms with van der Waals surface area (Å²) in [5.41, 5.74) is -1.00. The zero-order chi connectivity index (χ0) is 22.3. The van der Waals surface area contributed by atoms with Gasteiger partial charge in [-0.25, -0.2) is 19.3 Å². The lowest BCUT2D eigenvalue weighted by atomic mass is 10.3. The van der Waals surface area contributed by atoms with Crippen LogP contribution in [0.1, 0.15) is 19.0 Å². The van der Waals surface area contributed by atoms with Crippen molar-refractivity contribution >= 4 is 17.7 Å². The molecule has 31 heavy (non-hydrogen) atoms. The van der Waals surface area contributed by atoms with E-state index in [1.54, 1.807) is 12.3 Å². The summed E-state index contributed by atoms with van der Waals surface area (Å²) in [6.45, 7) is 4.36. The molecular weight excluding hydrogens is 416 g/mol. The molecule has 1 aliphatic rings. The molecule has 1 aliphatic heterocycles. The third kappa shape index (κ3) is 6.40. The Kier molecular flexibility index (Phi) is 7.42. The minimum atomic E-state index is -4.52. The molecular formula is C19H24F4N8. The summed E-state index contributed by atoms with van der Waals surface area (Å²) < 4.78 is 52.1. The summed E-state index contributed by atoms with van der Waals surface area (Å²) in [6, 6.07) is 3.81. The van der Waals surface area contributed by atoms with E-state index < -0.39 is 11.9 Å². The van der Waals surface area contributed by atoms with E-state index >= 15 is 0 Å². The van der Waals surface area contributed by atoms with Gasteiger partial charge in [0, 0.05) is 44.6 Å². The number of nitrogens with zero attached hydrogens (tertiary/aromatic N) is 5. The SMILES string of the molecule is CCNC(=NCCNc1nccc(C(F)(F)F)n1)NC1CCN(c2ncccc2F)C1. The van der Waals surface area contributed by atoms with Crippen LogP contribution in [0.5, 0.6) is 0 Å². The van der Waals surface area contributed by atoms with Gasteiger partial charge < -0.3 is 20.9 Å². The predicted octanol–water partition coefficient (Wildman–Crippen LogP) is 2.28. The van der Waals surface area contributed by atoms with Crippen molar-refractivity contribution in [2.75, 3.05) is 42.9 Å². The number of aliphatic imine (C=N–C) groups is 1. The zero-order valence-corrected chi connectivity index (χ0v) is 17.0. The number of nitrogens with one attached hydrogen (secondary N) is 3. The number of hydrogen-bond acceptors (Lipinski definition) is 6. The van der Waals surface area contributed by atoms with E-state index in [0.717, 1.165) is 18.7 Å². The lowest BCUT2D eigenvalue weighted by molar-refractivity contribution is -0.141. The average Bonchev–Trinajstić information content (AvgIpc) is 3.19. The van der Waals surface area contributed by atoms with Crippen molar-refractivity contribution in [3.05, 3.63) is 42.1 Å². The Morgan fingerprint density at radius 2 is 2.10 bits per heavy atom. The summed E-state index contributed by atoms with van der Waals surface area (Å²) in [7, 11) is 0. The Morgan fingerprint density at radius 3 is 2.84 bits per heavy atom. The number of halogens is 4. The first kappa shape index (κ1) is 22.5. The van der Waals surface area contributed by atoms with Crippen LogP contribution in [-0.4, -0.2) is 59.7 Å². The minimum Gasteiger partial charge on any atom is -0.357 e. The molecule has 1 atom stereocenters. The molecule has 0 aromatic carbocycles. The summed E-state index contributed by atoms with van der Waals surface area (Å²) in [5, 5.41) is 9.17. The van der Waals surface area contributed by atoms with Gasteiger partial charge in [0.15, 0.2) is 17.6 Å². The molecule has 0 radical (unpaired) electrons. The van der Waals surface area contributed by atoms with Gasteiger partial charge in [-0.2, -0.15) is 13.2 Å². The average molecular weight is 440 g/mol. The predicted molar refractivity (Wildman–Crippen MR) is 109 cm³/mol. The topological polar surface area (TPSA) is 90.4 Å². The van der Waals surface area contributed by atoms with Gasteiger partial charge in [-0.3, -0.25) is 4.99 Å². The molecule has 3 rings (SSSR count). The highest BCUT2D eigenvalue weighted by molar-refractivity contribution is 5.80. The second kappa shape index (κ2) is 10.2. The number of guanidine groups is 1. The monoisotopic (exact) mass is 440 g/mol. The van der Waals surface area contributed by atoms with Crippen molar-refractivity contribution in [1.29, 1.82) is 0 Å². The van der Waals surface area contributed by atoms with Crippen LogP contribution in [0.25, 0.3) is 0 Å². The molecule has 3 heterocycles. The van der Waals surface area contributed by atoms with Crippen molar-refractivity contribution in [2.24, 2.45) is 4.99 Å². The Hall–Kier alpha value is -3.18. The number of pyridine rings is 1. The van der Waals surface area contributed by atoms with E-state index in [9.17, 15) is 17.6 Å². The van der Waals surface area contributed by atoms with Gasteiger partial charge >= 0.3 is 6.18 Å². The lowest BCUT2D eigenvalue weighted by Crippen LogP contribution is -2.45. The van der Waals surface area contributed by atoms with Crippen molar-refractivity contribution < 1.29 is 17.6 Å². The van der Waals surface area contributed by atoms with Gasteiger partial charge in [-0.15, -0.1) is 0 Å². The smallest absolute Gasteiger partial charge is 0.357 e. The van der Waals surface area contributed by atoms with Crippen LogP contribution in [0.2, 0.25) is 0 Å². The first-order valence-corrected chi connectivity index (χ1v) is 9.91. The molecule has 1 saturated heterocycles. The quantitative estimate of drug-likeness (QED) is 0.263. The lowest BCUT2D eigenvalue weighted by Gasteiger charge is -2.20. The third-order valence-electron chi connectivity index (χ3n) is 4.52. The van der Waals surface area contributed by atoms with E-state index in [-0.39, 0.29) is 24.4 Å². The van der Waals surface area contributed by atoms with Crippen LogP contribution < -0.4 is 20.9 Å². The van der Waals surface area contributed by atoms with Crippen molar-refractivity contribution in [3.63, 3.8) is 0 Å². The van der Waals surface area contributed by atoms with Gasteiger partial charge in [0.25, 0.3) is 0 Å². The molecule has 1 unspecified atom stereocenters. The van der Waals surface area contributed by atoms with Crippen molar-refractivity contribution in [1.82, 2.24) is 25.6 Å². The normalized spacial score (nSPS) is 17.0. The van der Waals surface area contributed by atoms with E-state index in [2.05, 4.69) is 35.9 Å². The highest BCUT2D eigenvalue weighted by Crippen LogP contribution is 2.27. The molecule has 0 saturated carbocycles. The van der Waals surface area contributed by atoms with E-state index in [0.29, 0.717) is 38.0 Å². The number of aromatic nitrogens is 3. The molecule has 168 valence electrons. The summed E-state index contributed by atoms with van der Waals surface area (Å²) >= 11 is 0. The Balaban J connectivity index is 1.51. The van der Waals surface area contributed by atoms with Crippen molar-refractivity contribution in [3.8, 4) is 0 Å². The standard InChI is InChI=1S/C19H24F4N8/c1-2-24-17(27-9-10-28-18-26-8-5-15(30-18)19(21,22)23)29-13-6-11-31(12-13)16-14(20)4-3-7-25-16/h3-5,7-8,13H,2,6,9-12H2,1H3,(H2,24,27,29)(H,26,28,30). The fourth-order valence-electron chi connectivity index (χ4n) is 3.13. The van der Waals surface area contributed by atoms with Gasteiger partial charge in [-0.05, 0) is 31.5 Å². The highest BCUT2D eigenvalue weighted by Gasteiger charge is 2.32. The van der Waals surface area contributed by atoms with Crippen LogP contribution in [0.15, 0.2) is 35.6 Å². The fourth-order valence-corrected chi connectivity index (χ4v) is 3.13. The second-order valence-electron chi connectivity index (χ2n) is 6.84. The van der Waals surface area contributed by atoms with Gasteiger partial charge in [0.2, 0.25) is 5.95 Å². The molecule has 2 aromatic rings. The number of rotatable bonds is 7. The van der Waals surface area contributed by atoms with E-state index in [1.165, 1.54) is 6.07 Å². The maximum atomic E-state index is 13.9. The van der Waals surface area contributed by atoms with Crippen LogP contribution in [0.3, 0.4) is 0 Å². The number of alkyl halides is 3. The number of hydrogen-bond donors (Lipinski definition) is 3. The van der Waals surface area contributed by atoms with E-state index in [1.807, 2.05) is 11.8 Å². The first-order chi connectivity index (χ1) is 14.9. The summed E-state index contributed by atoms with van der Waals surface area (Å²) in [5.74, 6) is 0.444. The largest absolute Gasteiger partial charge is 0.433 e. The van der Waals surface area contributed by atoms with Crippen LogP contribution in [0, 0.1) is 5.82 Å². The maximum absolute atomic E-state index is 13.9.